The lowest BCUT2D eigenvalue weighted by Crippen LogP contribution is -2.54. The summed E-state index contributed by atoms with van der Waals surface area (Å²) in [6, 6.07) is 6.27. The van der Waals surface area contributed by atoms with E-state index in [1.54, 1.807) is 13.1 Å². The number of hydrogen-bond donors (Lipinski definition) is 2. The van der Waals surface area contributed by atoms with Gasteiger partial charge in [0, 0.05) is 17.5 Å². The van der Waals surface area contributed by atoms with Crippen LogP contribution in [0.5, 0.6) is 0 Å². The van der Waals surface area contributed by atoms with Gasteiger partial charge in [0.2, 0.25) is 5.91 Å². The van der Waals surface area contributed by atoms with Crippen LogP contribution in [0.25, 0.3) is 11.1 Å². The molecule has 1 aliphatic heterocycles. The Balaban J connectivity index is 1.76. The molecule has 23 heavy (non-hydrogen) atoms. The van der Waals surface area contributed by atoms with Crippen molar-refractivity contribution < 1.29 is 9.18 Å². The van der Waals surface area contributed by atoms with Crippen molar-refractivity contribution in [2.75, 3.05) is 7.05 Å². The molecule has 2 heterocycles. The van der Waals surface area contributed by atoms with Crippen molar-refractivity contribution in [3.05, 3.63) is 45.4 Å². The zero-order valence-electron chi connectivity index (χ0n) is 12.1. The molecule has 0 radical (unpaired) electrons. The molecule has 7 heteroatoms. The summed E-state index contributed by atoms with van der Waals surface area (Å²) in [6.45, 7) is 0. The number of benzene rings is 1. The molecule has 1 aliphatic carbocycles. The van der Waals surface area contributed by atoms with Crippen LogP contribution in [0.15, 0.2) is 23.6 Å². The van der Waals surface area contributed by atoms with E-state index in [1.807, 2.05) is 11.4 Å². The highest BCUT2D eigenvalue weighted by Gasteiger charge is 2.59. The van der Waals surface area contributed by atoms with E-state index < -0.39 is 11.4 Å². The molecular weight excluding hydrogens is 315 g/mol. The van der Waals surface area contributed by atoms with E-state index in [4.69, 9.17) is 10.7 Å². The van der Waals surface area contributed by atoms with Gasteiger partial charge in [-0.15, -0.1) is 11.3 Å². The molecular formula is C16H11FN4OS. The number of carbonyl (C=O) groups excluding carboxylic acids is 1. The minimum absolute atomic E-state index is 0.00249. The number of amides is 1. The lowest BCUT2D eigenvalue weighted by atomic mass is 9.99. The van der Waals surface area contributed by atoms with Gasteiger partial charge in [0.05, 0.1) is 12.0 Å². The average Bonchev–Trinajstić information content (AvgIpc) is 2.91. The van der Waals surface area contributed by atoms with Crippen molar-refractivity contribution in [2.24, 2.45) is 0 Å². The topological polar surface area (TPSA) is 80.0 Å². The molecule has 1 aromatic heterocycles. The van der Waals surface area contributed by atoms with Gasteiger partial charge in [-0.2, -0.15) is 5.26 Å². The second-order valence-electron chi connectivity index (χ2n) is 5.67. The highest BCUT2D eigenvalue weighted by Crippen LogP contribution is 2.59. The first-order valence-corrected chi connectivity index (χ1v) is 7.81. The third-order valence-corrected chi connectivity index (χ3v) is 5.54. The molecule has 1 fully saturated rings. The van der Waals surface area contributed by atoms with Crippen LogP contribution in [-0.2, 0) is 10.3 Å². The van der Waals surface area contributed by atoms with Crippen LogP contribution in [0.4, 0.5) is 4.39 Å². The molecule has 1 atom stereocenters. The Morgan fingerprint density at radius 2 is 2.30 bits per heavy atom. The summed E-state index contributed by atoms with van der Waals surface area (Å²) in [7, 11) is 1.57. The number of carbonyl (C=O) groups is 1. The SMILES string of the molecule is CN1C(=N)N[C@@]2(CC1=O)c1scc(-c3ccc(F)c(C#N)c3)c12. The summed E-state index contributed by atoms with van der Waals surface area (Å²) in [4.78, 5) is 14.4. The van der Waals surface area contributed by atoms with Gasteiger partial charge in [-0.05, 0) is 28.6 Å². The Morgan fingerprint density at radius 1 is 1.52 bits per heavy atom. The molecule has 114 valence electrons. The molecule has 5 nitrogen and oxygen atoms in total. The largest absolute Gasteiger partial charge is 0.341 e. The zero-order valence-corrected chi connectivity index (χ0v) is 12.9. The highest BCUT2D eigenvalue weighted by molar-refractivity contribution is 7.11. The van der Waals surface area contributed by atoms with Crippen molar-refractivity contribution in [1.29, 1.82) is 10.7 Å². The van der Waals surface area contributed by atoms with Gasteiger partial charge in [0.15, 0.2) is 5.96 Å². The second kappa shape index (κ2) is 4.40. The first-order chi connectivity index (χ1) is 11.0. The molecule has 1 aromatic carbocycles. The minimum Gasteiger partial charge on any atom is -0.341 e. The van der Waals surface area contributed by atoms with Crippen LogP contribution in [-0.4, -0.2) is 23.8 Å². The van der Waals surface area contributed by atoms with Gasteiger partial charge < -0.3 is 5.32 Å². The van der Waals surface area contributed by atoms with Gasteiger partial charge in [0.25, 0.3) is 0 Å². The fourth-order valence-corrected chi connectivity index (χ4v) is 4.33. The average molecular weight is 326 g/mol. The van der Waals surface area contributed by atoms with Gasteiger partial charge in [-0.25, -0.2) is 4.39 Å². The van der Waals surface area contributed by atoms with Crippen molar-refractivity contribution in [1.82, 2.24) is 10.2 Å². The monoisotopic (exact) mass is 326 g/mol. The van der Waals surface area contributed by atoms with E-state index in [2.05, 4.69) is 5.32 Å². The first-order valence-electron chi connectivity index (χ1n) is 6.93. The van der Waals surface area contributed by atoms with Crippen molar-refractivity contribution in [2.45, 2.75) is 12.0 Å². The summed E-state index contributed by atoms with van der Waals surface area (Å²) >= 11 is 1.51. The molecule has 2 aliphatic rings. The van der Waals surface area contributed by atoms with Crippen molar-refractivity contribution in [3.63, 3.8) is 0 Å². The summed E-state index contributed by atoms with van der Waals surface area (Å²) in [6.07, 6.45) is 0.271. The summed E-state index contributed by atoms with van der Waals surface area (Å²) in [5.74, 6) is -0.580. The number of nitrogens with zero attached hydrogens (tertiary/aromatic N) is 2. The maximum absolute atomic E-state index is 13.5. The van der Waals surface area contributed by atoms with E-state index in [-0.39, 0.29) is 23.9 Å². The molecule has 4 rings (SSSR count). The fourth-order valence-electron chi connectivity index (χ4n) is 3.06. The second-order valence-corrected chi connectivity index (χ2v) is 6.55. The number of halogens is 1. The van der Waals surface area contributed by atoms with Gasteiger partial charge in [0.1, 0.15) is 17.4 Å². The van der Waals surface area contributed by atoms with E-state index in [9.17, 15) is 9.18 Å². The summed E-state index contributed by atoms with van der Waals surface area (Å²) < 4.78 is 13.5. The predicted octanol–water partition coefficient (Wildman–Crippen LogP) is 2.37. The maximum Gasteiger partial charge on any atom is 0.232 e. The molecule has 1 saturated heterocycles. The Bertz CT molecular complexity index is 909. The Kier molecular flexibility index (Phi) is 2.66. The van der Waals surface area contributed by atoms with Crippen LogP contribution in [0.3, 0.4) is 0 Å². The van der Waals surface area contributed by atoms with Gasteiger partial charge in [-0.3, -0.25) is 15.1 Å². The highest BCUT2D eigenvalue weighted by atomic mass is 32.1. The normalized spacial score (nSPS) is 21.9. The Hall–Kier alpha value is -2.72. The Labute approximate surface area is 135 Å². The first kappa shape index (κ1) is 13.9. The smallest absolute Gasteiger partial charge is 0.232 e. The summed E-state index contributed by atoms with van der Waals surface area (Å²) in [5, 5.41) is 21.9. The zero-order chi connectivity index (χ0) is 16.4. The van der Waals surface area contributed by atoms with E-state index >= 15 is 0 Å². The van der Waals surface area contributed by atoms with Crippen LogP contribution in [0, 0.1) is 22.6 Å². The van der Waals surface area contributed by atoms with Crippen LogP contribution in [0.2, 0.25) is 0 Å². The quantitative estimate of drug-likeness (QED) is 0.844. The third kappa shape index (κ3) is 1.75. The number of nitrogens with one attached hydrogen (secondary N) is 2. The van der Waals surface area contributed by atoms with Crippen molar-refractivity contribution >= 4 is 23.2 Å². The predicted molar refractivity (Wildman–Crippen MR) is 83.5 cm³/mol. The number of thiophene rings is 1. The van der Waals surface area contributed by atoms with E-state index in [0.29, 0.717) is 0 Å². The van der Waals surface area contributed by atoms with Gasteiger partial charge in [-0.1, -0.05) is 6.07 Å². The number of fused-ring (bicyclic) bond motifs is 3. The van der Waals surface area contributed by atoms with Crippen LogP contribution in [0.1, 0.15) is 22.4 Å². The molecule has 1 amide bonds. The van der Waals surface area contributed by atoms with Crippen molar-refractivity contribution in [3.8, 4) is 17.2 Å². The van der Waals surface area contributed by atoms with Crippen LogP contribution < -0.4 is 5.32 Å². The molecule has 0 bridgehead atoms. The number of nitriles is 1. The fraction of sp³-hybridized carbons (Fsp3) is 0.188. The van der Waals surface area contributed by atoms with E-state index in [0.717, 1.165) is 21.6 Å². The van der Waals surface area contributed by atoms with Crippen LogP contribution >= 0.6 is 11.3 Å². The molecule has 2 aromatic rings. The van der Waals surface area contributed by atoms with E-state index in [1.165, 1.54) is 28.4 Å². The number of hydrogen-bond acceptors (Lipinski definition) is 4. The molecule has 2 N–H and O–H groups in total. The number of rotatable bonds is 1. The lowest BCUT2D eigenvalue weighted by molar-refractivity contribution is -0.128. The minimum atomic E-state index is -0.587. The van der Waals surface area contributed by atoms with Gasteiger partial charge >= 0.3 is 0 Å². The summed E-state index contributed by atoms with van der Waals surface area (Å²) in [5.41, 5.74) is 2.02. The standard InChI is InChI=1S/C16H11FN4OS/c1-21-12(22)5-16(20-15(21)19)13-10(7-23-14(13)16)8-2-3-11(17)9(4-8)6-18/h2-4,7H,5H2,1H3,(H2,19,20)/t16-/m1/s1. The lowest BCUT2D eigenvalue weighted by Gasteiger charge is -2.32. The molecule has 1 spiro atoms. The third-order valence-electron chi connectivity index (χ3n) is 4.40. The number of guanidine groups is 1. The Morgan fingerprint density at radius 3 is 3.00 bits per heavy atom. The molecule has 0 unspecified atom stereocenters. The maximum atomic E-state index is 13.5. The molecule has 0 saturated carbocycles.